The van der Waals surface area contributed by atoms with Crippen molar-refractivity contribution in [3.05, 3.63) is 63.6 Å². The van der Waals surface area contributed by atoms with E-state index in [-0.39, 0.29) is 0 Å². The lowest BCUT2D eigenvalue weighted by Crippen LogP contribution is -2.22. The van der Waals surface area contributed by atoms with Gasteiger partial charge in [0.15, 0.2) is 0 Å². The lowest BCUT2D eigenvalue weighted by atomic mass is 9.87. The van der Waals surface area contributed by atoms with Crippen molar-refractivity contribution in [1.82, 2.24) is 5.32 Å². The predicted octanol–water partition coefficient (Wildman–Crippen LogP) is 4.62. The van der Waals surface area contributed by atoms with Gasteiger partial charge < -0.3 is 10.1 Å². The summed E-state index contributed by atoms with van der Waals surface area (Å²) in [4.78, 5) is 0. The van der Waals surface area contributed by atoms with E-state index in [1.165, 1.54) is 29.5 Å². The van der Waals surface area contributed by atoms with Crippen LogP contribution in [-0.4, -0.2) is 7.05 Å². The number of benzene rings is 2. The Labute approximate surface area is 134 Å². The summed E-state index contributed by atoms with van der Waals surface area (Å²) in [7, 11) is 2.04. The van der Waals surface area contributed by atoms with Crippen LogP contribution in [0.2, 0.25) is 0 Å². The molecule has 0 amide bonds. The van der Waals surface area contributed by atoms with Gasteiger partial charge in [0.1, 0.15) is 12.4 Å². The third kappa shape index (κ3) is 3.14. The number of hydrogen-bond acceptors (Lipinski definition) is 2. The van der Waals surface area contributed by atoms with Crippen LogP contribution in [0.4, 0.5) is 0 Å². The van der Waals surface area contributed by atoms with Gasteiger partial charge in [-0.05, 0) is 49.6 Å². The summed E-state index contributed by atoms with van der Waals surface area (Å²) in [5, 5.41) is 3.41. The Morgan fingerprint density at radius 2 is 2.05 bits per heavy atom. The molecule has 1 aliphatic carbocycles. The fraction of sp³-hybridized carbons (Fsp3) is 0.333. The Kier molecular flexibility index (Phi) is 4.61. The first-order valence-electron chi connectivity index (χ1n) is 7.45. The average Bonchev–Trinajstić information content (AvgIpc) is 2.53. The van der Waals surface area contributed by atoms with Crippen LogP contribution in [0.1, 0.15) is 35.6 Å². The zero-order valence-electron chi connectivity index (χ0n) is 12.2. The minimum Gasteiger partial charge on any atom is -0.489 e. The highest BCUT2D eigenvalue weighted by Gasteiger charge is 2.21. The molecule has 0 bridgehead atoms. The lowest BCUT2D eigenvalue weighted by molar-refractivity contribution is 0.299. The number of hydrogen-bond donors (Lipinski definition) is 1. The molecule has 0 spiro atoms. The SMILES string of the molecule is CNC1CCCc2c(OCc3ccccc3Br)cccc21. The monoisotopic (exact) mass is 345 g/mol. The van der Waals surface area contributed by atoms with E-state index in [0.717, 1.165) is 16.6 Å². The van der Waals surface area contributed by atoms with Gasteiger partial charge in [0.05, 0.1) is 0 Å². The zero-order valence-corrected chi connectivity index (χ0v) is 13.8. The van der Waals surface area contributed by atoms with Crippen LogP contribution >= 0.6 is 15.9 Å². The average molecular weight is 346 g/mol. The Bertz CT molecular complexity index is 626. The Balaban J connectivity index is 1.82. The topological polar surface area (TPSA) is 21.3 Å². The smallest absolute Gasteiger partial charge is 0.123 e. The highest BCUT2D eigenvalue weighted by molar-refractivity contribution is 9.10. The van der Waals surface area contributed by atoms with Gasteiger partial charge in [-0.2, -0.15) is 0 Å². The van der Waals surface area contributed by atoms with Gasteiger partial charge in [-0.25, -0.2) is 0 Å². The summed E-state index contributed by atoms with van der Waals surface area (Å²) < 4.78 is 7.21. The molecule has 2 aromatic rings. The van der Waals surface area contributed by atoms with E-state index in [1.54, 1.807) is 0 Å². The number of nitrogens with one attached hydrogen (secondary N) is 1. The standard InChI is InChI=1S/C18H20BrNO/c1-20-17-10-4-8-15-14(17)7-5-11-18(15)21-12-13-6-2-3-9-16(13)19/h2-3,5-7,9,11,17,20H,4,8,10,12H2,1H3. The van der Waals surface area contributed by atoms with Crippen LogP contribution in [0.25, 0.3) is 0 Å². The van der Waals surface area contributed by atoms with Crippen LogP contribution in [-0.2, 0) is 13.0 Å². The normalized spacial score (nSPS) is 17.3. The molecule has 0 saturated carbocycles. The van der Waals surface area contributed by atoms with Crippen LogP contribution in [0, 0.1) is 0 Å². The Hall–Kier alpha value is -1.32. The number of rotatable bonds is 4. The maximum absolute atomic E-state index is 6.11. The summed E-state index contributed by atoms with van der Waals surface area (Å²) in [6, 6.07) is 15.1. The minimum atomic E-state index is 0.459. The molecule has 2 aromatic carbocycles. The molecule has 3 heteroatoms. The van der Waals surface area contributed by atoms with Crippen molar-refractivity contribution in [2.24, 2.45) is 0 Å². The fourth-order valence-electron chi connectivity index (χ4n) is 3.02. The third-order valence-electron chi connectivity index (χ3n) is 4.15. The molecule has 0 heterocycles. The van der Waals surface area contributed by atoms with Crippen molar-refractivity contribution >= 4 is 15.9 Å². The Morgan fingerprint density at radius 1 is 1.19 bits per heavy atom. The molecule has 1 aliphatic rings. The van der Waals surface area contributed by atoms with Crippen molar-refractivity contribution in [2.75, 3.05) is 7.05 Å². The minimum absolute atomic E-state index is 0.459. The molecular weight excluding hydrogens is 326 g/mol. The molecule has 2 nitrogen and oxygen atoms in total. The maximum Gasteiger partial charge on any atom is 0.123 e. The summed E-state index contributed by atoms with van der Waals surface area (Å²) in [5.41, 5.74) is 3.94. The number of ether oxygens (including phenoxy) is 1. The van der Waals surface area contributed by atoms with Crippen molar-refractivity contribution in [3.63, 3.8) is 0 Å². The van der Waals surface area contributed by atoms with Gasteiger partial charge in [0.25, 0.3) is 0 Å². The second kappa shape index (κ2) is 6.63. The van der Waals surface area contributed by atoms with Gasteiger partial charge in [0.2, 0.25) is 0 Å². The second-order valence-electron chi connectivity index (χ2n) is 5.44. The molecule has 0 aliphatic heterocycles. The summed E-state index contributed by atoms with van der Waals surface area (Å²) in [6.07, 6.45) is 3.53. The summed E-state index contributed by atoms with van der Waals surface area (Å²) in [6.45, 7) is 0.599. The molecule has 1 unspecified atom stereocenters. The van der Waals surface area contributed by atoms with E-state index < -0.39 is 0 Å². The number of fused-ring (bicyclic) bond motifs is 1. The van der Waals surface area contributed by atoms with Gasteiger partial charge in [0, 0.05) is 16.1 Å². The third-order valence-corrected chi connectivity index (χ3v) is 4.93. The number of halogens is 1. The molecule has 0 radical (unpaired) electrons. The molecule has 21 heavy (non-hydrogen) atoms. The van der Waals surface area contributed by atoms with Gasteiger partial charge in [-0.3, -0.25) is 0 Å². The van der Waals surface area contributed by atoms with E-state index in [9.17, 15) is 0 Å². The van der Waals surface area contributed by atoms with E-state index in [4.69, 9.17) is 4.74 Å². The fourth-order valence-corrected chi connectivity index (χ4v) is 3.42. The Morgan fingerprint density at radius 3 is 2.86 bits per heavy atom. The first-order chi connectivity index (χ1) is 10.3. The van der Waals surface area contributed by atoms with E-state index in [1.807, 2.05) is 19.2 Å². The predicted molar refractivity (Wildman–Crippen MR) is 89.7 cm³/mol. The highest BCUT2D eigenvalue weighted by atomic mass is 79.9. The van der Waals surface area contributed by atoms with Crippen LogP contribution in [0.15, 0.2) is 46.9 Å². The lowest BCUT2D eigenvalue weighted by Gasteiger charge is -2.27. The summed E-state index contributed by atoms with van der Waals surface area (Å²) >= 11 is 3.58. The highest BCUT2D eigenvalue weighted by Crippen LogP contribution is 2.35. The van der Waals surface area contributed by atoms with E-state index >= 15 is 0 Å². The molecule has 0 aromatic heterocycles. The summed E-state index contributed by atoms with van der Waals surface area (Å²) in [5.74, 6) is 1.03. The van der Waals surface area contributed by atoms with Gasteiger partial charge >= 0.3 is 0 Å². The van der Waals surface area contributed by atoms with Gasteiger partial charge in [-0.15, -0.1) is 0 Å². The van der Waals surface area contributed by atoms with Crippen LogP contribution in [0.3, 0.4) is 0 Å². The van der Waals surface area contributed by atoms with Crippen molar-refractivity contribution < 1.29 is 4.74 Å². The van der Waals surface area contributed by atoms with E-state index in [2.05, 4.69) is 51.6 Å². The molecule has 3 rings (SSSR count). The second-order valence-corrected chi connectivity index (χ2v) is 6.29. The quantitative estimate of drug-likeness (QED) is 0.872. The van der Waals surface area contributed by atoms with E-state index in [0.29, 0.717) is 12.6 Å². The molecule has 1 atom stereocenters. The van der Waals surface area contributed by atoms with Crippen molar-refractivity contribution in [1.29, 1.82) is 0 Å². The zero-order chi connectivity index (χ0) is 14.7. The first-order valence-corrected chi connectivity index (χ1v) is 8.24. The molecule has 1 N–H and O–H groups in total. The molecule has 110 valence electrons. The van der Waals surface area contributed by atoms with Crippen molar-refractivity contribution in [3.8, 4) is 5.75 Å². The molecule has 0 saturated heterocycles. The van der Waals surface area contributed by atoms with Crippen molar-refractivity contribution in [2.45, 2.75) is 31.9 Å². The largest absolute Gasteiger partial charge is 0.489 e. The van der Waals surface area contributed by atoms with Gasteiger partial charge in [-0.1, -0.05) is 46.3 Å². The molecular formula is C18H20BrNO. The van der Waals surface area contributed by atoms with Crippen LogP contribution in [0.5, 0.6) is 5.75 Å². The molecule has 0 fully saturated rings. The first kappa shape index (κ1) is 14.6. The van der Waals surface area contributed by atoms with Crippen LogP contribution < -0.4 is 10.1 Å². The maximum atomic E-state index is 6.11.